The molecule has 0 saturated heterocycles. The zero-order valence-corrected chi connectivity index (χ0v) is 13.1. The minimum absolute atomic E-state index is 0.216. The second-order valence-corrected chi connectivity index (χ2v) is 6.39. The van der Waals surface area contributed by atoms with Gasteiger partial charge in [0.2, 0.25) is 0 Å². The number of hydrogen-bond acceptors (Lipinski definition) is 3. The van der Waals surface area contributed by atoms with Crippen LogP contribution in [0.1, 0.15) is 39.1 Å². The Kier molecular flexibility index (Phi) is 6.22. The van der Waals surface area contributed by atoms with Crippen molar-refractivity contribution in [3.8, 4) is 0 Å². The molecule has 1 rings (SSSR count). The lowest BCUT2D eigenvalue weighted by molar-refractivity contribution is -0.116. The molecule has 3 nitrogen and oxygen atoms in total. The topological polar surface area (TPSA) is 34.9 Å². The van der Waals surface area contributed by atoms with Crippen molar-refractivity contribution in [3.05, 3.63) is 16.4 Å². The minimum atomic E-state index is 0.216. The average Bonchev–Trinajstić information content (AvgIpc) is 2.63. The summed E-state index contributed by atoms with van der Waals surface area (Å²) in [5, 5.41) is 5.57. The second-order valence-electron chi connectivity index (χ2n) is 4.45. The van der Waals surface area contributed by atoms with Crippen molar-refractivity contribution in [3.63, 3.8) is 0 Å². The van der Waals surface area contributed by atoms with Crippen molar-refractivity contribution >= 4 is 29.1 Å². The molecule has 18 heavy (non-hydrogen) atoms. The molecule has 0 saturated carbocycles. The van der Waals surface area contributed by atoms with Crippen molar-refractivity contribution in [2.75, 3.05) is 5.75 Å². The molecule has 1 heterocycles. The van der Waals surface area contributed by atoms with E-state index in [1.54, 1.807) is 11.8 Å². The monoisotopic (exact) mass is 288 g/mol. The third-order valence-corrected chi connectivity index (χ3v) is 4.23. The number of carbonyl (C=O) groups is 1. The Morgan fingerprint density at radius 3 is 2.61 bits per heavy atom. The Morgan fingerprint density at radius 2 is 2.11 bits per heavy atom. The Labute approximate surface area is 118 Å². The molecule has 5 heteroatoms. The number of carbonyl (C=O) groups excluding carboxylic acids is 1. The molecule has 0 unspecified atom stereocenters. The van der Waals surface area contributed by atoms with Crippen LogP contribution >= 0.6 is 23.4 Å². The summed E-state index contributed by atoms with van der Waals surface area (Å²) in [5.41, 5.74) is 1.75. The smallest absolute Gasteiger partial charge is 0.148 e. The van der Waals surface area contributed by atoms with E-state index in [0.29, 0.717) is 22.4 Å². The van der Waals surface area contributed by atoms with Crippen molar-refractivity contribution in [2.24, 2.45) is 0 Å². The fraction of sp³-hybridized carbons (Fsp3) is 0.692. The average molecular weight is 289 g/mol. The number of nitrogens with zero attached hydrogens (tertiary/aromatic N) is 2. The van der Waals surface area contributed by atoms with Gasteiger partial charge in [-0.3, -0.25) is 9.48 Å². The van der Waals surface area contributed by atoms with Gasteiger partial charge in [-0.1, -0.05) is 32.4 Å². The summed E-state index contributed by atoms with van der Waals surface area (Å²) in [5.74, 6) is 0.762. The van der Waals surface area contributed by atoms with E-state index in [1.165, 1.54) is 0 Å². The fourth-order valence-corrected chi connectivity index (χ4v) is 2.64. The van der Waals surface area contributed by atoms with E-state index in [9.17, 15) is 4.79 Å². The van der Waals surface area contributed by atoms with Gasteiger partial charge in [-0.05, 0) is 18.6 Å². The first-order valence-electron chi connectivity index (χ1n) is 6.36. The number of rotatable bonds is 7. The standard InChI is InChI=1S/C13H21ClN2OS/c1-5-11-13(14)12(16(6-2)15-11)7-10(17)8-18-9(3)4/h9H,5-8H2,1-4H3. The number of thioether (sulfide) groups is 1. The maximum atomic E-state index is 11.9. The van der Waals surface area contributed by atoms with E-state index in [-0.39, 0.29) is 5.78 Å². The highest BCUT2D eigenvalue weighted by atomic mass is 35.5. The molecule has 0 bridgehead atoms. The summed E-state index contributed by atoms with van der Waals surface area (Å²) in [6.07, 6.45) is 1.19. The van der Waals surface area contributed by atoms with Crippen molar-refractivity contribution < 1.29 is 4.79 Å². The van der Waals surface area contributed by atoms with Gasteiger partial charge in [0.05, 0.1) is 28.6 Å². The predicted molar refractivity (Wildman–Crippen MR) is 78.6 cm³/mol. The fourth-order valence-electron chi connectivity index (χ4n) is 1.68. The molecule has 0 aromatic carbocycles. The zero-order chi connectivity index (χ0) is 13.7. The van der Waals surface area contributed by atoms with Crippen LogP contribution in [0.25, 0.3) is 0 Å². The molecule has 0 amide bonds. The lowest BCUT2D eigenvalue weighted by Crippen LogP contribution is -2.12. The van der Waals surface area contributed by atoms with Crippen LogP contribution in [0.5, 0.6) is 0 Å². The van der Waals surface area contributed by atoms with Gasteiger partial charge in [-0.2, -0.15) is 16.9 Å². The van der Waals surface area contributed by atoms with Gasteiger partial charge in [0.15, 0.2) is 0 Å². The molecule has 0 radical (unpaired) electrons. The molecule has 0 aliphatic heterocycles. The second kappa shape index (κ2) is 7.19. The van der Waals surface area contributed by atoms with E-state index in [2.05, 4.69) is 18.9 Å². The molecule has 0 fully saturated rings. The third-order valence-electron chi connectivity index (χ3n) is 2.64. The highest BCUT2D eigenvalue weighted by molar-refractivity contribution is 8.00. The van der Waals surface area contributed by atoms with Crippen molar-refractivity contribution in [1.82, 2.24) is 9.78 Å². The molecule has 0 aliphatic carbocycles. The summed E-state index contributed by atoms with van der Waals surface area (Å²) >= 11 is 7.94. The van der Waals surface area contributed by atoms with Crippen LogP contribution in [0.15, 0.2) is 0 Å². The van der Waals surface area contributed by atoms with Gasteiger partial charge >= 0.3 is 0 Å². The number of ketones is 1. The molecule has 0 spiro atoms. The number of aryl methyl sites for hydroxylation is 2. The normalized spacial score (nSPS) is 11.2. The number of Topliss-reactive ketones (excluding diaryl/α,β-unsaturated/α-hetero) is 1. The summed E-state index contributed by atoms with van der Waals surface area (Å²) in [6, 6.07) is 0. The maximum Gasteiger partial charge on any atom is 0.148 e. The zero-order valence-electron chi connectivity index (χ0n) is 11.5. The molecular weight excluding hydrogens is 268 g/mol. The minimum Gasteiger partial charge on any atom is -0.298 e. The van der Waals surface area contributed by atoms with Gasteiger partial charge in [0.1, 0.15) is 5.78 Å². The van der Waals surface area contributed by atoms with Crippen LogP contribution in [0.3, 0.4) is 0 Å². The first-order chi connectivity index (χ1) is 8.49. The van der Waals surface area contributed by atoms with Crippen LogP contribution in [-0.2, 0) is 24.2 Å². The number of halogens is 1. The molecular formula is C13H21ClN2OS. The van der Waals surface area contributed by atoms with Crippen LogP contribution < -0.4 is 0 Å². The molecule has 0 atom stereocenters. The number of hydrogen-bond donors (Lipinski definition) is 0. The summed E-state index contributed by atoms with van der Waals surface area (Å²) in [4.78, 5) is 11.9. The van der Waals surface area contributed by atoms with Crippen LogP contribution in [0.4, 0.5) is 0 Å². The lowest BCUT2D eigenvalue weighted by Gasteiger charge is -2.06. The van der Waals surface area contributed by atoms with Gasteiger partial charge < -0.3 is 0 Å². The highest BCUT2D eigenvalue weighted by Crippen LogP contribution is 2.23. The molecule has 1 aromatic rings. The molecule has 0 aliphatic rings. The molecule has 102 valence electrons. The highest BCUT2D eigenvalue weighted by Gasteiger charge is 2.17. The van der Waals surface area contributed by atoms with E-state index in [4.69, 9.17) is 11.6 Å². The van der Waals surface area contributed by atoms with Crippen molar-refractivity contribution in [1.29, 1.82) is 0 Å². The van der Waals surface area contributed by atoms with Gasteiger partial charge in [0, 0.05) is 6.54 Å². The SMILES string of the molecule is CCc1nn(CC)c(CC(=O)CSC(C)C)c1Cl. The Balaban J connectivity index is 2.77. The van der Waals surface area contributed by atoms with Gasteiger partial charge in [-0.25, -0.2) is 0 Å². The van der Waals surface area contributed by atoms with E-state index >= 15 is 0 Å². The van der Waals surface area contributed by atoms with Crippen LogP contribution in [-0.4, -0.2) is 26.6 Å². The van der Waals surface area contributed by atoms with Crippen LogP contribution in [0, 0.1) is 0 Å². The largest absolute Gasteiger partial charge is 0.298 e. The first kappa shape index (κ1) is 15.6. The Morgan fingerprint density at radius 1 is 1.44 bits per heavy atom. The summed E-state index contributed by atoms with van der Waals surface area (Å²) in [6.45, 7) is 8.97. The van der Waals surface area contributed by atoms with Gasteiger partial charge in [-0.15, -0.1) is 0 Å². The predicted octanol–water partition coefficient (Wildman–Crippen LogP) is 3.37. The third kappa shape index (κ3) is 4.02. The summed E-state index contributed by atoms with van der Waals surface area (Å²) in [7, 11) is 0. The Bertz CT molecular complexity index is 415. The number of aromatic nitrogens is 2. The van der Waals surface area contributed by atoms with Crippen LogP contribution in [0.2, 0.25) is 5.02 Å². The van der Waals surface area contributed by atoms with Crippen molar-refractivity contribution in [2.45, 2.75) is 52.3 Å². The van der Waals surface area contributed by atoms with E-state index in [0.717, 1.165) is 24.4 Å². The van der Waals surface area contributed by atoms with E-state index in [1.807, 2.05) is 18.5 Å². The first-order valence-corrected chi connectivity index (χ1v) is 7.79. The molecule has 0 N–H and O–H groups in total. The maximum absolute atomic E-state index is 11.9. The lowest BCUT2D eigenvalue weighted by atomic mass is 10.2. The van der Waals surface area contributed by atoms with E-state index < -0.39 is 0 Å². The Hall–Kier alpha value is -0.480. The summed E-state index contributed by atoms with van der Waals surface area (Å²) < 4.78 is 1.85. The quantitative estimate of drug-likeness (QED) is 0.771. The molecule has 1 aromatic heterocycles. The van der Waals surface area contributed by atoms with Gasteiger partial charge in [0.25, 0.3) is 0 Å².